The summed E-state index contributed by atoms with van der Waals surface area (Å²) in [5, 5.41) is 0. The Labute approximate surface area is 104 Å². The zero-order valence-corrected chi connectivity index (χ0v) is 10.6. The Morgan fingerprint density at radius 3 is 2.82 bits per heavy atom. The van der Waals surface area contributed by atoms with E-state index in [1.807, 2.05) is 0 Å². The lowest BCUT2D eigenvalue weighted by molar-refractivity contribution is 0.561. The summed E-state index contributed by atoms with van der Waals surface area (Å²) in [6.07, 6.45) is 3.96. The number of rotatable bonds is 4. The van der Waals surface area contributed by atoms with Crippen LogP contribution in [0.1, 0.15) is 37.7 Å². The number of fused-ring (bicyclic) bond motifs is 1. The van der Waals surface area contributed by atoms with Gasteiger partial charge in [-0.25, -0.2) is 0 Å². The maximum Gasteiger partial charge on any atom is 0.0402 e. The highest BCUT2D eigenvalue weighted by atomic mass is 15.2. The van der Waals surface area contributed by atoms with Gasteiger partial charge in [0, 0.05) is 30.7 Å². The van der Waals surface area contributed by atoms with Crippen molar-refractivity contribution in [1.29, 1.82) is 0 Å². The van der Waals surface area contributed by atoms with Gasteiger partial charge >= 0.3 is 0 Å². The predicted molar refractivity (Wildman–Crippen MR) is 72.4 cm³/mol. The fourth-order valence-electron chi connectivity index (χ4n) is 3.02. The van der Waals surface area contributed by atoms with Gasteiger partial charge in [0.15, 0.2) is 0 Å². The second kappa shape index (κ2) is 4.34. The molecule has 1 aromatic rings. The van der Waals surface area contributed by atoms with Crippen LogP contribution in [0.3, 0.4) is 0 Å². The minimum atomic E-state index is 0.300. The average Bonchev–Trinajstić information content (AvgIpc) is 3.04. The van der Waals surface area contributed by atoms with Crippen LogP contribution in [-0.4, -0.2) is 19.1 Å². The summed E-state index contributed by atoms with van der Waals surface area (Å²) in [6.45, 7) is 4.55. The molecule has 1 heterocycles. The second-order valence-electron chi connectivity index (χ2n) is 5.82. The first-order valence-electron chi connectivity index (χ1n) is 6.83. The Morgan fingerprint density at radius 1 is 1.35 bits per heavy atom. The topological polar surface area (TPSA) is 29.3 Å². The van der Waals surface area contributed by atoms with Gasteiger partial charge < -0.3 is 10.6 Å². The van der Waals surface area contributed by atoms with E-state index in [9.17, 15) is 0 Å². The van der Waals surface area contributed by atoms with Crippen LogP contribution in [0.2, 0.25) is 0 Å². The SMILES string of the molecule is CC(N)CC1CN(CC2CC2)c2ccccc21. The summed E-state index contributed by atoms with van der Waals surface area (Å²) in [6, 6.07) is 9.18. The van der Waals surface area contributed by atoms with Gasteiger partial charge in [0.2, 0.25) is 0 Å². The van der Waals surface area contributed by atoms with Gasteiger partial charge in [-0.05, 0) is 43.7 Å². The fourth-order valence-corrected chi connectivity index (χ4v) is 3.02. The minimum Gasteiger partial charge on any atom is -0.370 e. The van der Waals surface area contributed by atoms with Crippen molar-refractivity contribution in [3.8, 4) is 0 Å². The smallest absolute Gasteiger partial charge is 0.0402 e. The number of benzene rings is 1. The number of nitrogens with two attached hydrogens (primary N) is 1. The summed E-state index contributed by atoms with van der Waals surface area (Å²) in [5.41, 5.74) is 8.95. The molecule has 1 aromatic carbocycles. The first-order chi connectivity index (χ1) is 8.24. The van der Waals surface area contributed by atoms with E-state index in [0.29, 0.717) is 12.0 Å². The number of para-hydroxylation sites is 1. The zero-order valence-electron chi connectivity index (χ0n) is 10.6. The molecule has 2 heteroatoms. The van der Waals surface area contributed by atoms with Gasteiger partial charge in [-0.1, -0.05) is 18.2 Å². The standard InChI is InChI=1S/C15H22N2/c1-11(16)8-13-10-17(9-12-6-7-12)15-5-3-2-4-14(13)15/h2-5,11-13H,6-10,16H2,1H3. The molecule has 0 aromatic heterocycles. The summed E-state index contributed by atoms with van der Waals surface area (Å²) < 4.78 is 0. The van der Waals surface area contributed by atoms with Gasteiger partial charge in [0.05, 0.1) is 0 Å². The molecular weight excluding hydrogens is 208 g/mol. The van der Waals surface area contributed by atoms with Gasteiger partial charge in [0.25, 0.3) is 0 Å². The quantitative estimate of drug-likeness (QED) is 0.861. The van der Waals surface area contributed by atoms with Crippen molar-refractivity contribution in [2.75, 3.05) is 18.0 Å². The van der Waals surface area contributed by atoms with Crippen molar-refractivity contribution in [3.63, 3.8) is 0 Å². The summed E-state index contributed by atoms with van der Waals surface area (Å²) in [4.78, 5) is 2.58. The molecule has 2 atom stereocenters. The van der Waals surface area contributed by atoms with E-state index in [2.05, 4.69) is 36.1 Å². The average molecular weight is 230 g/mol. The molecule has 2 N–H and O–H groups in total. The van der Waals surface area contributed by atoms with Crippen LogP contribution in [0.25, 0.3) is 0 Å². The largest absolute Gasteiger partial charge is 0.370 e. The Kier molecular flexibility index (Phi) is 2.83. The third kappa shape index (κ3) is 2.32. The van der Waals surface area contributed by atoms with Crippen molar-refractivity contribution < 1.29 is 0 Å². The van der Waals surface area contributed by atoms with Crippen molar-refractivity contribution in [3.05, 3.63) is 29.8 Å². The first kappa shape index (κ1) is 11.1. The highest BCUT2D eigenvalue weighted by Crippen LogP contribution is 2.41. The van der Waals surface area contributed by atoms with E-state index in [4.69, 9.17) is 5.73 Å². The molecule has 2 nitrogen and oxygen atoms in total. The second-order valence-corrected chi connectivity index (χ2v) is 5.82. The van der Waals surface area contributed by atoms with Crippen molar-refractivity contribution in [1.82, 2.24) is 0 Å². The number of hydrogen-bond donors (Lipinski definition) is 1. The summed E-state index contributed by atoms with van der Waals surface area (Å²) in [7, 11) is 0. The first-order valence-corrected chi connectivity index (χ1v) is 6.83. The van der Waals surface area contributed by atoms with Crippen LogP contribution >= 0.6 is 0 Å². The Hall–Kier alpha value is -1.02. The highest BCUT2D eigenvalue weighted by Gasteiger charge is 2.32. The molecular formula is C15H22N2. The number of anilines is 1. The van der Waals surface area contributed by atoms with Gasteiger partial charge in [-0.3, -0.25) is 0 Å². The third-order valence-electron chi connectivity index (χ3n) is 3.99. The fraction of sp³-hybridized carbons (Fsp3) is 0.600. The monoisotopic (exact) mass is 230 g/mol. The summed E-state index contributed by atoms with van der Waals surface area (Å²) in [5.74, 6) is 1.60. The van der Waals surface area contributed by atoms with Gasteiger partial charge in [0.1, 0.15) is 0 Å². The normalized spacial score (nSPS) is 24.8. The Morgan fingerprint density at radius 2 is 2.12 bits per heavy atom. The van der Waals surface area contributed by atoms with Crippen LogP contribution in [-0.2, 0) is 0 Å². The molecule has 0 bridgehead atoms. The maximum atomic E-state index is 5.97. The van der Waals surface area contributed by atoms with Crippen LogP contribution in [0.5, 0.6) is 0 Å². The number of nitrogens with zero attached hydrogens (tertiary/aromatic N) is 1. The Balaban J connectivity index is 1.81. The van der Waals surface area contributed by atoms with E-state index >= 15 is 0 Å². The van der Waals surface area contributed by atoms with E-state index in [-0.39, 0.29) is 0 Å². The molecule has 1 aliphatic carbocycles. The van der Waals surface area contributed by atoms with E-state index < -0.39 is 0 Å². The third-order valence-corrected chi connectivity index (χ3v) is 3.99. The van der Waals surface area contributed by atoms with Crippen molar-refractivity contribution in [2.24, 2.45) is 11.7 Å². The predicted octanol–water partition coefficient (Wildman–Crippen LogP) is 2.74. The molecule has 1 aliphatic heterocycles. The van der Waals surface area contributed by atoms with Crippen LogP contribution in [0.15, 0.2) is 24.3 Å². The van der Waals surface area contributed by atoms with Gasteiger partial charge in [-0.2, -0.15) is 0 Å². The minimum absolute atomic E-state index is 0.300. The molecule has 17 heavy (non-hydrogen) atoms. The molecule has 1 fully saturated rings. The molecule has 0 spiro atoms. The van der Waals surface area contributed by atoms with Crippen molar-refractivity contribution in [2.45, 2.75) is 38.1 Å². The Bertz CT molecular complexity index is 367. The molecule has 0 amide bonds. The van der Waals surface area contributed by atoms with Crippen LogP contribution in [0, 0.1) is 5.92 Å². The molecule has 0 radical (unpaired) electrons. The van der Waals surface area contributed by atoms with Gasteiger partial charge in [-0.15, -0.1) is 0 Å². The summed E-state index contributed by atoms with van der Waals surface area (Å²) >= 11 is 0. The molecule has 2 unspecified atom stereocenters. The molecule has 1 saturated carbocycles. The van der Waals surface area contributed by atoms with Crippen molar-refractivity contribution >= 4 is 5.69 Å². The lowest BCUT2D eigenvalue weighted by atomic mass is 9.95. The van der Waals surface area contributed by atoms with E-state index in [1.165, 1.54) is 37.2 Å². The molecule has 3 rings (SSSR count). The molecule has 0 saturated heterocycles. The molecule has 92 valence electrons. The van der Waals surface area contributed by atoms with E-state index in [0.717, 1.165) is 12.3 Å². The number of hydrogen-bond acceptors (Lipinski definition) is 2. The lowest BCUT2D eigenvalue weighted by Crippen LogP contribution is -2.26. The van der Waals surface area contributed by atoms with Crippen LogP contribution in [0.4, 0.5) is 5.69 Å². The van der Waals surface area contributed by atoms with E-state index in [1.54, 1.807) is 0 Å². The maximum absolute atomic E-state index is 5.97. The van der Waals surface area contributed by atoms with Crippen LogP contribution < -0.4 is 10.6 Å². The molecule has 2 aliphatic rings. The zero-order chi connectivity index (χ0) is 11.8. The highest BCUT2D eigenvalue weighted by molar-refractivity contribution is 5.60. The lowest BCUT2D eigenvalue weighted by Gasteiger charge is -2.20.